The van der Waals surface area contributed by atoms with E-state index in [1.165, 1.54) is 12.0 Å². The first kappa shape index (κ1) is 13.3. The summed E-state index contributed by atoms with van der Waals surface area (Å²) in [5.41, 5.74) is 1.34. The lowest BCUT2D eigenvalue weighted by Crippen LogP contribution is -2.38. The van der Waals surface area contributed by atoms with Crippen molar-refractivity contribution in [1.29, 1.82) is 0 Å². The van der Waals surface area contributed by atoms with Gasteiger partial charge in [0, 0.05) is 32.5 Å². The van der Waals surface area contributed by atoms with Gasteiger partial charge in [-0.2, -0.15) is 0 Å². The van der Waals surface area contributed by atoms with Crippen LogP contribution in [0.5, 0.6) is 0 Å². The molecule has 0 N–H and O–H groups in total. The largest absolute Gasteiger partial charge is 0.342 e. The first-order valence-electron chi connectivity index (χ1n) is 7.53. The Morgan fingerprint density at radius 2 is 2.20 bits per heavy atom. The van der Waals surface area contributed by atoms with Gasteiger partial charge in [0.1, 0.15) is 12.2 Å². The number of carbonyl (C=O) groups is 1. The molecule has 1 fully saturated rings. The van der Waals surface area contributed by atoms with Crippen LogP contribution in [0, 0.1) is 0 Å². The summed E-state index contributed by atoms with van der Waals surface area (Å²) in [5, 5.41) is 8.14. The first-order valence-corrected chi connectivity index (χ1v) is 7.53. The lowest BCUT2D eigenvalue weighted by molar-refractivity contribution is -0.131. The Labute approximate surface area is 119 Å². The number of hydrogen-bond donors (Lipinski definition) is 0. The van der Waals surface area contributed by atoms with Crippen LogP contribution in [-0.4, -0.2) is 38.7 Å². The van der Waals surface area contributed by atoms with Gasteiger partial charge >= 0.3 is 0 Å². The number of piperidine rings is 1. The normalized spacial score (nSPS) is 20.2. The number of hydrogen-bond acceptors (Lipinski definition) is 3. The molecule has 1 aromatic rings. The molecular weight excluding hydrogens is 252 g/mol. The molecule has 1 aliphatic carbocycles. The molecule has 0 radical (unpaired) electrons. The number of nitrogens with zero attached hydrogens (tertiary/aromatic N) is 4. The molecule has 0 atom stereocenters. The fourth-order valence-corrected chi connectivity index (χ4v) is 3.25. The minimum atomic E-state index is 0.301. The SMILES string of the molecule is Cn1cnnc1C1CCN(C(=O)CC2=CCCC2)CC1. The third kappa shape index (κ3) is 2.76. The number of allylic oxidation sites excluding steroid dienone is 1. The lowest BCUT2D eigenvalue weighted by Gasteiger charge is -2.31. The Morgan fingerprint density at radius 3 is 2.80 bits per heavy atom. The van der Waals surface area contributed by atoms with Crippen molar-refractivity contribution in [2.45, 2.75) is 44.4 Å². The van der Waals surface area contributed by atoms with E-state index in [9.17, 15) is 4.79 Å². The third-order valence-corrected chi connectivity index (χ3v) is 4.47. The van der Waals surface area contributed by atoms with Crippen LogP contribution in [0.1, 0.15) is 50.3 Å². The average Bonchev–Trinajstić information content (AvgIpc) is 3.10. The van der Waals surface area contributed by atoms with Crippen molar-refractivity contribution in [3.63, 3.8) is 0 Å². The molecule has 3 rings (SSSR count). The summed E-state index contributed by atoms with van der Waals surface area (Å²) in [7, 11) is 1.99. The second-order valence-corrected chi connectivity index (χ2v) is 5.89. The second kappa shape index (κ2) is 5.77. The van der Waals surface area contributed by atoms with E-state index in [0.717, 1.165) is 44.6 Å². The number of aryl methyl sites for hydroxylation is 1. The Bertz CT molecular complexity index is 512. The Hall–Kier alpha value is -1.65. The summed E-state index contributed by atoms with van der Waals surface area (Å²) in [6.07, 6.45) is 10.1. The van der Waals surface area contributed by atoms with Crippen LogP contribution in [0.25, 0.3) is 0 Å². The van der Waals surface area contributed by atoms with Crippen molar-refractivity contribution in [2.24, 2.45) is 7.05 Å². The van der Waals surface area contributed by atoms with E-state index < -0.39 is 0 Å². The monoisotopic (exact) mass is 274 g/mol. The molecule has 0 unspecified atom stereocenters. The number of carbonyl (C=O) groups excluding carboxylic acids is 1. The molecule has 108 valence electrons. The zero-order chi connectivity index (χ0) is 13.9. The summed E-state index contributed by atoms with van der Waals surface area (Å²) in [6.45, 7) is 1.70. The maximum absolute atomic E-state index is 12.3. The highest BCUT2D eigenvalue weighted by Crippen LogP contribution is 2.27. The Kier molecular flexibility index (Phi) is 3.85. The maximum Gasteiger partial charge on any atom is 0.226 e. The standard InChI is InChI=1S/C15H22N4O/c1-18-11-16-17-15(18)13-6-8-19(9-7-13)14(20)10-12-4-2-3-5-12/h4,11,13H,2-3,5-10H2,1H3. The summed E-state index contributed by atoms with van der Waals surface area (Å²) >= 11 is 0. The fourth-order valence-electron chi connectivity index (χ4n) is 3.25. The quantitative estimate of drug-likeness (QED) is 0.792. The van der Waals surface area contributed by atoms with E-state index in [-0.39, 0.29) is 0 Å². The van der Waals surface area contributed by atoms with Crippen LogP contribution in [0.2, 0.25) is 0 Å². The zero-order valence-corrected chi connectivity index (χ0v) is 12.1. The number of amides is 1. The molecule has 2 heterocycles. The molecule has 20 heavy (non-hydrogen) atoms. The van der Waals surface area contributed by atoms with E-state index in [4.69, 9.17) is 0 Å². The molecule has 5 nitrogen and oxygen atoms in total. The van der Waals surface area contributed by atoms with Crippen molar-refractivity contribution >= 4 is 5.91 Å². The highest BCUT2D eigenvalue weighted by Gasteiger charge is 2.26. The molecule has 1 aromatic heterocycles. The smallest absolute Gasteiger partial charge is 0.226 e. The van der Waals surface area contributed by atoms with Crippen LogP contribution in [0.3, 0.4) is 0 Å². The third-order valence-electron chi connectivity index (χ3n) is 4.47. The molecule has 1 aliphatic heterocycles. The van der Waals surface area contributed by atoms with Gasteiger partial charge in [-0.1, -0.05) is 11.6 Å². The zero-order valence-electron chi connectivity index (χ0n) is 12.1. The van der Waals surface area contributed by atoms with Crippen molar-refractivity contribution in [1.82, 2.24) is 19.7 Å². The summed E-state index contributed by atoms with van der Waals surface area (Å²) in [5.74, 6) is 1.79. The molecule has 5 heteroatoms. The number of rotatable bonds is 3. The van der Waals surface area contributed by atoms with Crippen molar-refractivity contribution < 1.29 is 4.79 Å². The van der Waals surface area contributed by atoms with Crippen LogP contribution in [0.15, 0.2) is 18.0 Å². The van der Waals surface area contributed by atoms with E-state index in [2.05, 4.69) is 16.3 Å². The van der Waals surface area contributed by atoms with Crippen LogP contribution < -0.4 is 0 Å². The van der Waals surface area contributed by atoms with Gasteiger partial charge in [-0.3, -0.25) is 4.79 Å². The highest BCUT2D eigenvalue weighted by molar-refractivity contribution is 5.78. The fraction of sp³-hybridized carbons (Fsp3) is 0.667. The molecule has 0 bridgehead atoms. The number of aromatic nitrogens is 3. The summed E-state index contributed by atoms with van der Waals surface area (Å²) in [4.78, 5) is 14.3. The summed E-state index contributed by atoms with van der Waals surface area (Å²) in [6, 6.07) is 0. The second-order valence-electron chi connectivity index (χ2n) is 5.89. The summed E-state index contributed by atoms with van der Waals surface area (Å²) < 4.78 is 1.99. The molecule has 1 amide bonds. The molecular formula is C15H22N4O. The van der Waals surface area contributed by atoms with Gasteiger partial charge in [0.25, 0.3) is 0 Å². The van der Waals surface area contributed by atoms with Crippen LogP contribution in [0.4, 0.5) is 0 Å². The van der Waals surface area contributed by atoms with Gasteiger partial charge in [-0.25, -0.2) is 0 Å². The highest BCUT2D eigenvalue weighted by atomic mass is 16.2. The topological polar surface area (TPSA) is 51.0 Å². The minimum Gasteiger partial charge on any atom is -0.342 e. The lowest BCUT2D eigenvalue weighted by atomic mass is 9.95. The maximum atomic E-state index is 12.3. The van der Waals surface area contributed by atoms with Crippen molar-refractivity contribution in [3.8, 4) is 0 Å². The molecule has 0 spiro atoms. The van der Waals surface area contributed by atoms with E-state index in [1.54, 1.807) is 6.33 Å². The average molecular weight is 274 g/mol. The van der Waals surface area contributed by atoms with E-state index in [1.807, 2.05) is 16.5 Å². The van der Waals surface area contributed by atoms with Crippen molar-refractivity contribution in [3.05, 3.63) is 23.8 Å². The molecule has 0 aromatic carbocycles. The van der Waals surface area contributed by atoms with Gasteiger partial charge in [-0.05, 0) is 32.1 Å². The van der Waals surface area contributed by atoms with E-state index >= 15 is 0 Å². The predicted octanol–water partition coefficient (Wildman–Crippen LogP) is 2.02. The molecule has 1 saturated heterocycles. The Balaban J connectivity index is 1.53. The predicted molar refractivity (Wildman–Crippen MR) is 76.1 cm³/mol. The van der Waals surface area contributed by atoms with E-state index in [0.29, 0.717) is 18.2 Å². The van der Waals surface area contributed by atoms with Crippen LogP contribution in [-0.2, 0) is 11.8 Å². The Morgan fingerprint density at radius 1 is 1.40 bits per heavy atom. The van der Waals surface area contributed by atoms with Crippen molar-refractivity contribution in [2.75, 3.05) is 13.1 Å². The molecule has 2 aliphatic rings. The van der Waals surface area contributed by atoms with Crippen LogP contribution >= 0.6 is 0 Å². The minimum absolute atomic E-state index is 0.301. The first-order chi connectivity index (χ1) is 9.74. The van der Waals surface area contributed by atoms with Gasteiger partial charge in [0.05, 0.1) is 0 Å². The van der Waals surface area contributed by atoms with Gasteiger partial charge < -0.3 is 9.47 Å². The van der Waals surface area contributed by atoms with Gasteiger partial charge in [-0.15, -0.1) is 10.2 Å². The van der Waals surface area contributed by atoms with Gasteiger partial charge in [0.2, 0.25) is 5.91 Å². The van der Waals surface area contributed by atoms with Gasteiger partial charge in [0.15, 0.2) is 0 Å². The number of likely N-dealkylation sites (tertiary alicyclic amines) is 1. The molecule has 0 saturated carbocycles.